The van der Waals surface area contributed by atoms with Crippen LogP contribution in [-0.4, -0.2) is 30.2 Å². The molecule has 0 N–H and O–H groups in total. The number of hydrogen-bond acceptors (Lipinski definition) is 2. The summed E-state index contributed by atoms with van der Waals surface area (Å²) in [6.07, 6.45) is 2.06. The van der Waals surface area contributed by atoms with E-state index in [4.69, 9.17) is 28.0 Å². The van der Waals surface area contributed by atoms with Crippen molar-refractivity contribution in [1.29, 1.82) is 0 Å². The molecule has 0 amide bonds. The maximum atomic E-state index is 7.50. The van der Waals surface area contributed by atoms with Crippen LogP contribution in [0.2, 0.25) is 0 Å². The van der Waals surface area contributed by atoms with Crippen LogP contribution in [-0.2, 0) is 43.8 Å². The average molecular weight is 375 g/mol. The molecule has 0 atom stereocenters. The molecule has 0 aromatic carbocycles. The Morgan fingerprint density at radius 3 is 1.38 bits per heavy atom. The summed E-state index contributed by atoms with van der Waals surface area (Å²) in [5.74, 6) is 0. The number of hydrogen-bond donors (Lipinski definition) is 0. The Morgan fingerprint density at radius 1 is 0.917 bits per heavy atom. The quantitative estimate of drug-likeness (QED) is 0.553. The molecule has 0 saturated heterocycles. The first-order valence-corrected chi connectivity index (χ1v) is 6.51. The van der Waals surface area contributed by atoms with Crippen molar-refractivity contribution in [2.24, 2.45) is 5.41 Å². The van der Waals surface area contributed by atoms with Gasteiger partial charge in [-0.25, -0.2) is 0 Å². The Bertz CT molecular complexity index is 376. The van der Waals surface area contributed by atoms with Crippen LogP contribution >= 0.6 is 0 Å². The van der Waals surface area contributed by atoms with Crippen LogP contribution in [0.5, 0.6) is 0 Å². The second kappa shape index (κ2) is 33.3. The molecule has 0 bridgehead atoms. The summed E-state index contributed by atoms with van der Waals surface area (Å²) < 4.78 is 43.7. The summed E-state index contributed by atoms with van der Waals surface area (Å²) in [4.78, 5) is 2.12. The molecule has 0 unspecified atom stereocenters. The number of ether oxygens (including phenoxy) is 1. The zero-order chi connectivity index (χ0) is 21.4. The second-order valence-electron chi connectivity index (χ2n) is 4.43. The fraction of sp³-hybridized carbons (Fsp3) is 0.500. The van der Waals surface area contributed by atoms with Gasteiger partial charge < -0.3 is 0 Å². The molecule has 0 aliphatic heterocycles. The molecule has 0 fully saturated rings. The van der Waals surface area contributed by atoms with Crippen LogP contribution in [0.1, 0.15) is 27.7 Å². The van der Waals surface area contributed by atoms with Gasteiger partial charge in [-0.1, -0.05) is 0 Å². The molecule has 0 aliphatic rings. The van der Waals surface area contributed by atoms with E-state index in [1.165, 1.54) is 5.70 Å². The molecule has 8 heteroatoms. The van der Waals surface area contributed by atoms with E-state index in [2.05, 4.69) is 94.9 Å². The van der Waals surface area contributed by atoms with E-state index in [-0.39, 0.29) is 5.41 Å². The molecule has 0 aromatic rings. The first-order valence-electron chi connectivity index (χ1n) is 5.87. The van der Waals surface area contributed by atoms with Gasteiger partial charge in [0.05, 0.1) is 0 Å². The van der Waals surface area contributed by atoms with Crippen LogP contribution in [0, 0.1) is 38.7 Å². The first-order chi connectivity index (χ1) is 11.3. The molecule has 0 aromatic heterocycles. The van der Waals surface area contributed by atoms with Gasteiger partial charge in [-0.3, -0.25) is 0 Å². The zero-order valence-corrected chi connectivity index (χ0v) is 15.9. The predicted molar refractivity (Wildman–Crippen MR) is 77.5 cm³/mol. The normalized spacial score (nSPS) is 7.92. The van der Waals surface area contributed by atoms with Gasteiger partial charge in [0.15, 0.2) is 0 Å². The topological polar surface area (TPSA) is 112 Å². The summed E-state index contributed by atoms with van der Waals surface area (Å²) in [6.45, 7) is 31.8. The summed E-state index contributed by atoms with van der Waals surface area (Å²) >= 11 is 2.93. The molecule has 24 heavy (non-hydrogen) atoms. The Labute approximate surface area is 152 Å². The third-order valence-corrected chi connectivity index (χ3v) is 2.16. The van der Waals surface area contributed by atoms with Gasteiger partial charge in [-0.15, -0.1) is 0 Å². The summed E-state index contributed by atoms with van der Waals surface area (Å²) in [7, 11) is 4.10. The third kappa shape index (κ3) is 32.5. The van der Waals surface area contributed by atoms with Gasteiger partial charge in [0.25, 0.3) is 0 Å². The SMILES string of the molecule is CCO[C](=[Cr])/C=C(\N(C)C)C(C)(C)C.[C-]#[O+].[C-]#[O+].[C-]#[O+].[C-]#[O+].[C-]#[O+]. The molecular formula is C16H21CrNO6. The van der Waals surface area contributed by atoms with Crippen LogP contribution < -0.4 is 0 Å². The number of rotatable bonds is 4. The van der Waals surface area contributed by atoms with E-state index in [1.807, 2.05) is 6.92 Å². The summed E-state index contributed by atoms with van der Waals surface area (Å²) in [5, 5.41) is 0. The standard InChI is InChI=1S/C11H21NO.5CO.Cr/c1-7-13-9-8-10(12(5)6)11(2,3)4;5*1-2;/h8H,7H2,1-6H3;;;;;;/b10-8-;;;;;;. The van der Waals surface area contributed by atoms with Crippen molar-refractivity contribution in [2.75, 3.05) is 20.7 Å². The first kappa shape index (κ1) is 38.3. The Morgan fingerprint density at radius 2 is 1.21 bits per heavy atom. The Balaban J connectivity index is -0.0000000687. The Hall–Kier alpha value is -1.40. The van der Waals surface area contributed by atoms with Crippen molar-refractivity contribution >= 4 is 4.57 Å². The van der Waals surface area contributed by atoms with Crippen molar-refractivity contribution in [3.05, 3.63) is 45.0 Å². The van der Waals surface area contributed by atoms with Gasteiger partial charge >= 0.3 is 152 Å². The van der Waals surface area contributed by atoms with E-state index in [9.17, 15) is 0 Å². The molecular weight excluding hydrogens is 354 g/mol. The van der Waals surface area contributed by atoms with E-state index < -0.39 is 0 Å². The van der Waals surface area contributed by atoms with Gasteiger partial charge in [0.1, 0.15) is 0 Å². The minimum atomic E-state index is 0.135. The van der Waals surface area contributed by atoms with E-state index in [0.29, 0.717) is 6.61 Å². The zero-order valence-electron chi connectivity index (χ0n) is 14.6. The van der Waals surface area contributed by atoms with Crippen molar-refractivity contribution < 1.29 is 43.8 Å². The van der Waals surface area contributed by atoms with Gasteiger partial charge in [0.2, 0.25) is 0 Å². The van der Waals surface area contributed by atoms with Crippen molar-refractivity contribution in [1.82, 2.24) is 4.90 Å². The summed E-state index contributed by atoms with van der Waals surface area (Å²) in [5.41, 5.74) is 1.38. The number of nitrogens with zero attached hydrogens (tertiary/aromatic N) is 1. The molecule has 7 nitrogen and oxygen atoms in total. The van der Waals surface area contributed by atoms with Crippen LogP contribution in [0.25, 0.3) is 0 Å². The monoisotopic (exact) mass is 375 g/mol. The van der Waals surface area contributed by atoms with Crippen molar-refractivity contribution in [2.45, 2.75) is 27.7 Å². The molecule has 132 valence electrons. The molecule has 0 heterocycles. The van der Waals surface area contributed by atoms with Gasteiger partial charge in [-0.05, 0) is 0 Å². The maximum absolute atomic E-state index is 7.50. The molecule has 0 rings (SSSR count). The predicted octanol–water partition coefficient (Wildman–Crippen LogP) is 2.00. The van der Waals surface area contributed by atoms with E-state index in [0.717, 1.165) is 4.57 Å². The molecule has 0 aliphatic carbocycles. The van der Waals surface area contributed by atoms with Crippen molar-refractivity contribution in [3.8, 4) is 0 Å². The van der Waals surface area contributed by atoms with Crippen molar-refractivity contribution in [3.63, 3.8) is 0 Å². The second-order valence-corrected chi connectivity index (χ2v) is 5.05. The molecule has 0 spiro atoms. The van der Waals surface area contributed by atoms with Crippen LogP contribution in [0.4, 0.5) is 0 Å². The van der Waals surface area contributed by atoms with E-state index in [1.54, 1.807) is 0 Å². The van der Waals surface area contributed by atoms with Crippen LogP contribution in [0.3, 0.4) is 0 Å². The Kier molecular flexibility index (Phi) is 53.0. The van der Waals surface area contributed by atoms with E-state index >= 15 is 0 Å². The fourth-order valence-corrected chi connectivity index (χ4v) is 1.67. The van der Waals surface area contributed by atoms with Gasteiger partial charge in [0, 0.05) is 0 Å². The minimum absolute atomic E-state index is 0.135. The molecule has 0 radical (unpaired) electrons. The molecule has 0 saturated carbocycles. The third-order valence-electron chi connectivity index (χ3n) is 1.79. The summed E-state index contributed by atoms with van der Waals surface area (Å²) in [6, 6.07) is 0. The number of allylic oxidation sites excluding steroid dienone is 1. The fourth-order valence-electron chi connectivity index (χ4n) is 1.31. The van der Waals surface area contributed by atoms with Crippen LogP contribution in [0.15, 0.2) is 11.8 Å². The van der Waals surface area contributed by atoms with Gasteiger partial charge in [-0.2, -0.15) is 0 Å². The average Bonchev–Trinajstić information content (AvgIpc) is 2.61.